The molecule has 0 atom stereocenters. The minimum Gasteiger partial charge on any atom is -0.293 e. The average molecular weight is 336 g/mol. The van der Waals surface area contributed by atoms with Crippen molar-refractivity contribution in [1.82, 2.24) is 9.38 Å². The number of aryl methyl sites for hydroxylation is 1. The molecule has 0 fully saturated rings. The van der Waals surface area contributed by atoms with Gasteiger partial charge in [0.25, 0.3) is 11.2 Å². The van der Waals surface area contributed by atoms with Gasteiger partial charge in [-0.05, 0) is 12.5 Å². The molecule has 0 bridgehead atoms. The maximum atomic E-state index is 11.4. The molecule has 2 heterocycles. The lowest BCUT2D eigenvalue weighted by Gasteiger charge is -2.06. The molecular formula is C14H10ClN3O3S. The largest absolute Gasteiger partial charge is 0.293 e. The van der Waals surface area contributed by atoms with Crippen molar-refractivity contribution in [1.29, 1.82) is 0 Å². The number of thiazole rings is 1. The number of hydrogen-bond acceptors (Lipinski definition) is 5. The van der Waals surface area contributed by atoms with Gasteiger partial charge in [0, 0.05) is 41.4 Å². The van der Waals surface area contributed by atoms with E-state index in [0.717, 1.165) is 17.0 Å². The summed E-state index contributed by atoms with van der Waals surface area (Å²) in [4.78, 5) is 26.3. The van der Waals surface area contributed by atoms with Gasteiger partial charge in [-0.15, -0.1) is 11.3 Å². The maximum Gasteiger partial charge on any atom is 0.274 e. The highest BCUT2D eigenvalue weighted by molar-refractivity contribution is 7.15. The fraction of sp³-hybridized carbons (Fsp3) is 0.143. The van der Waals surface area contributed by atoms with Crippen molar-refractivity contribution < 1.29 is 4.92 Å². The Bertz CT molecular complexity index is 948. The quantitative estimate of drug-likeness (QED) is 0.544. The third-order valence-electron chi connectivity index (χ3n) is 3.29. The van der Waals surface area contributed by atoms with Crippen LogP contribution in [0.1, 0.15) is 17.0 Å². The van der Waals surface area contributed by atoms with E-state index in [1.54, 1.807) is 6.07 Å². The number of fused-ring (bicyclic) bond motifs is 1. The van der Waals surface area contributed by atoms with Crippen LogP contribution in [0.4, 0.5) is 5.69 Å². The number of benzene rings is 1. The highest BCUT2D eigenvalue weighted by Crippen LogP contribution is 2.26. The number of non-ortho nitro benzene ring substituents is 1. The van der Waals surface area contributed by atoms with E-state index >= 15 is 0 Å². The van der Waals surface area contributed by atoms with Crippen molar-refractivity contribution in [3.63, 3.8) is 0 Å². The Hall–Kier alpha value is -2.25. The van der Waals surface area contributed by atoms with Crippen molar-refractivity contribution in [3.8, 4) is 0 Å². The van der Waals surface area contributed by atoms with Crippen LogP contribution in [-0.4, -0.2) is 14.3 Å². The zero-order valence-electron chi connectivity index (χ0n) is 11.4. The Balaban J connectivity index is 2.04. The molecule has 2 aromatic heterocycles. The molecule has 0 aliphatic heterocycles. The smallest absolute Gasteiger partial charge is 0.274 e. The van der Waals surface area contributed by atoms with Crippen LogP contribution in [0.15, 0.2) is 34.4 Å². The Labute approximate surface area is 133 Å². The van der Waals surface area contributed by atoms with Gasteiger partial charge in [0.15, 0.2) is 4.96 Å². The number of rotatable bonds is 3. The second-order valence-corrected chi connectivity index (χ2v) is 6.03. The second kappa shape index (κ2) is 5.51. The van der Waals surface area contributed by atoms with Gasteiger partial charge >= 0.3 is 0 Å². The summed E-state index contributed by atoms with van der Waals surface area (Å²) in [6, 6.07) is 5.90. The number of nitro benzene ring substituents is 1. The third kappa shape index (κ3) is 2.60. The Morgan fingerprint density at radius 2 is 2.18 bits per heavy atom. The normalized spacial score (nSPS) is 11.0. The van der Waals surface area contributed by atoms with Crippen molar-refractivity contribution in [2.24, 2.45) is 0 Å². The fourth-order valence-corrected chi connectivity index (χ4v) is 3.46. The van der Waals surface area contributed by atoms with Crippen LogP contribution in [0.25, 0.3) is 4.96 Å². The second-order valence-electron chi connectivity index (χ2n) is 4.79. The van der Waals surface area contributed by atoms with E-state index < -0.39 is 4.92 Å². The van der Waals surface area contributed by atoms with E-state index in [4.69, 9.17) is 11.6 Å². The molecule has 0 N–H and O–H groups in total. The Morgan fingerprint density at radius 3 is 2.86 bits per heavy atom. The van der Waals surface area contributed by atoms with Crippen molar-refractivity contribution in [2.45, 2.75) is 13.3 Å². The summed E-state index contributed by atoms with van der Waals surface area (Å²) < 4.78 is 1.89. The Morgan fingerprint density at radius 1 is 1.41 bits per heavy atom. The van der Waals surface area contributed by atoms with Crippen LogP contribution in [0, 0.1) is 17.0 Å². The first-order chi connectivity index (χ1) is 10.5. The molecule has 0 radical (unpaired) electrons. The van der Waals surface area contributed by atoms with Gasteiger partial charge in [-0.25, -0.2) is 0 Å². The topological polar surface area (TPSA) is 77.5 Å². The summed E-state index contributed by atoms with van der Waals surface area (Å²) in [7, 11) is 0. The molecular weight excluding hydrogens is 326 g/mol. The number of nitrogens with zero attached hydrogens (tertiary/aromatic N) is 3. The molecule has 112 valence electrons. The monoisotopic (exact) mass is 335 g/mol. The Kier molecular flexibility index (Phi) is 3.67. The lowest BCUT2D eigenvalue weighted by molar-refractivity contribution is -0.384. The molecule has 6 nitrogen and oxygen atoms in total. The highest BCUT2D eigenvalue weighted by Gasteiger charge is 2.13. The number of aromatic nitrogens is 2. The van der Waals surface area contributed by atoms with E-state index in [1.807, 2.05) is 16.7 Å². The molecule has 0 unspecified atom stereocenters. The van der Waals surface area contributed by atoms with Gasteiger partial charge in [0.1, 0.15) is 0 Å². The van der Waals surface area contributed by atoms with Crippen LogP contribution < -0.4 is 5.56 Å². The minimum atomic E-state index is -0.478. The summed E-state index contributed by atoms with van der Waals surface area (Å²) in [5.41, 5.74) is 2.21. The predicted molar refractivity (Wildman–Crippen MR) is 85.0 cm³/mol. The van der Waals surface area contributed by atoms with Crippen molar-refractivity contribution >= 4 is 33.6 Å². The molecule has 0 saturated carbocycles. The molecule has 0 aliphatic carbocycles. The average Bonchev–Trinajstić information content (AvgIpc) is 2.83. The first kappa shape index (κ1) is 14.7. The van der Waals surface area contributed by atoms with Crippen LogP contribution in [-0.2, 0) is 6.42 Å². The summed E-state index contributed by atoms with van der Waals surface area (Å²) in [5.74, 6) is 0. The fourth-order valence-electron chi connectivity index (χ4n) is 2.28. The third-order valence-corrected chi connectivity index (χ3v) is 4.52. The summed E-state index contributed by atoms with van der Waals surface area (Å²) in [6.45, 7) is 1.84. The van der Waals surface area contributed by atoms with Crippen molar-refractivity contribution in [3.05, 3.63) is 72.1 Å². The van der Waals surface area contributed by atoms with Crippen LogP contribution >= 0.6 is 22.9 Å². The van der Waals surface area contributed by atoms with E-state index in [-0.39, 0.29) is 11.2 Å². The molecule has 0 saturated heterocycles. The molecule has 0 spiro atoms. The molecule has 8 heteroatoms. The maximum absolute atomic E-state index is 11.4. The minimum absolute atomic E-state index is 0.0366. The molecule has 0 amide bonds. The standard InChI is InChI=1S/C14H10ClN3O3S/c1-8-4-13(19)16-14-17(8)11(7-22-14)5-9-2-3-10(18(20)21)6-12(9)15/h2-4,6-7H,5H2,1H3. The van der Waals surface area contributed by atoms with Gasteiger partial charge in [-0.2, -0.15) is 4.98 Å². The summed E-state index contributed by atoms with van der Waals surface area (Å²) in [6.07, 6.45) is 0.502. The van der Waals surface area contributed by atoms with Crippen LogP contribution in [0.2, 0.25) is 5.02 Å². The van der Waals surface area contributed by atoms with E-state index in [9.17, 15) is 14.9 Å². The van der Waals surface area contributed by atoms with Gasteiger partial charge in [-0.1, -0.05) is 17.7 Å². The van der Waals surface area contributed by atoms with Gasteiger partial charge in [-0.3, -0.25) is 19.3 Å². The molecule has 0 aliphatic rings. The lowest BCUT2D eigenvalue weighted by atomic mass is 10.1. The summed E-state index contributed by atoms with van der Waals surface area (Å²) >= 11 is 7.51. The highest BCUT2D eigenvalue weighted by atomic mass is 35.5. The number of nitro groups is 1. The first-order valence-electron chi connectivity index (χ1n) is 6.35. The van der Waals surface area contributed by atoms with Gasteiger partial charge in [0.2, 0.25) is 0 Å². The van der Waals surface area contributed by atoms with Crippen molar-refractivity contribution in [2.75, 3.05) is 0 Å². The lowest BCUT2D eigenvalue weighted by Crippen LogP contribution is -2.10. The van der Waals surface area contributed by atoms with Gasteiger partial charge in [0.05, 0.1) is 9.95 Å². The van der Waals surface area contributed by atoms with Crippen LogP contribution in [0.5, 0.6) is 0 Å². The van der Waals surface area contributed by atoms with Gasteiger partial charge < -0.3 is 0 Å². The SMILES string of the molecule is Cc1cc(=O)nc2scc(Cc3ccc([N+](=O)[O-])cc3Cl)n12. The number of hydrogen-bond donors (Lipinski definition) is 0. The molecule has 1 aromatic carbocycles. The van der Waals surface area contributed by atoms with E-state index in [1.165, 1.54) is 29.5 Å². The summed E-state index contributed by atoms with van der Waals surface area (Å²) in [5, 5.41) is 13.0. The van der Waals surface area contributed by atoms with E-state index in [2.05, 4.69) is 4.98 Å². The predicted octanol–water partition coefficient (Wildman–Crippen LogP) is 3.22. The first-order valence-corrected chi connectivity index (χ1v) is 7.61. The van der Waals surface area contributed by atoms with Crippen LogP contribution in [0.3, 0.4) is 0 Å². The zero-order chi connectivity index (χ0) is 15.9. The zero-order valence-corrected chi connectivity index (χ0v) is 13.0. The number of halogens is 1. The molecule has 3 rings (SSSR count). The van der Waals surface area contributed by atoms with E-state index in [0.29, 0.717) is 16.4 Å². The molecule has 3 aromatic rings. The molecule has 22 heavy (non-hydrogen) atoms.